The first-order valence-corrected chi connectivity index (χ1v) is 4.69. The van der Waals surface area contributed by atoms with Gasteiger partial charge in [-0.25, -0.2) is 0 Å². The summed E-state index contributed by atoms with van der Waals surface area (Å²) in [6.45, 7) is 3.35. The van der Waals surface area contributed by atoms with Crippen molar-refractivity contribution in [2.24, 2.45) is 5.92 Å². The van der Waals surface area contributed by atoms with Crippen LogP contribution < -0.4 is 0 Å². The van der Waals surface area contributed by atoms with Crippen LogP contribution in [0, 0.1) is 5.92 Å². The van der Waals surface area contributed by atoms with Gasteiger partial charge in [-0.15, -0.1) is 0 Å². The molecule has 0 N–H and O–H groups in total. The fourth-order valence-electron chi connectivity index (χ4n) is 1.15. The Kier molecular flexibility index (Phi) is 5.76. The van der Waals surface area contributed by atoms with Gasteiger partial charge in [-0.05, 0) is 0 Å². The highest BCUT2D eigenvalue weighted by Gasteiger charge is 2.26. The van der Waals surface area contributed by atoms with Gasteiger partial charge in [0, 0.05) is 12.8 Å². The second-order valence-corrected chi connectivity index (χ2v) is 2.97. The lowest BCUT2D eigenvalue weighted by molar-refractivity contribution is -0.146. The largest absolute Gasteiger partial charge is 0.469 e. The van der Waals surface area contributed by atoms with Gasteiger partial charge in [0.1, 0.15) is 11.6 Å². The smallest absolute Gasteiger partial charge is 0.306 e. The van der Waals surface area contributed by atoms with Gasteiger partial charge in [-0.3, -0.25) is 14.4 Å². The van der Waals surface area contributed by atoms with Crippen LogP contribution in [-0.4, -0.2) is 24.6 Å². The summed E-state index contributed by atoms with van der Waals surface area (Å²) in [5.74, 6) is -1.71. The molecular weight excluding hydrogens is 184 g/mol. The Morgan fingerprint density at radius 1 is 1.07 bits per heavy atom. The molecule has 0 fully saturated rings. The SMILES string of the molecule is CCC(=O)C(CC(=O)OC)C(=O)CC. The number of methoxy groups -OCH3 is 1. The van der Waals surface area contributed by atoms with E-state index in [2.05, 4.69) is 4.74 Å². The van der Waals surface area contributed by atoms with Crippen LogP contribution in [-0.2, 0) is 19.1 Å². The Morgan fingerprint density at radius 3 is 1.79 bits per heavy atom. The lowest BCUT2D eigenvalue weighted by atomic mass is 9.92. The number of carbonyl (C=O) groups is 3. The van der Waals surface area contributed by atoms with Gasteiger partial charge < -0.3 is 4.74 Å². The van der Waals surface area contributed by atoms with E-state index in [9.17, 15) is 14.4 Å². The summed E-state index contributed by atoms with van der Waals surface area (Å²) in [4.78, 5) is 33.6. The Balaban J connectivity index is 4.48. The van der Waals surface area contributed by atoms with Crippen LogP contribution in [0.15, 0.2) is 0 Å². The van der Waals surface area contributed by atoms with Gasteiger partial charge in [0.15, 0.2) is 0 Å². The maximum atomic E-state index is 11.3. The molecule has 0 aromatic heterocycles. The molecule has 0 amide bonds. The average molecular weight is 200 g/mol. The molecule has 0 heterocycles. The van der Waals surface area contributed by atoms with Crippen molar-refractivity contribution in [2.75, 3.05) is 7.11 Å². The Morgan fingerprint density at radius 2 is 1.50 bits per heavy atom. The average Bonchev–Trinajstić information content (AvgIpc) is 2.23. The van der Waals surface area contributed by atoms with Gasteiger partial charge in [-0.1, -0.05) is 13.8 Å². The molecule has 0 saturated heterocycles. The van der Waals surface area contributed by atoms with Crippen LogP contribution in [0.3, 0.4) is 0 Å². The minimum absolute atomic E-state index is 0.129. The predicted molar refractivity (Wildman–Crippen MR) is 50.7 cm³/mol. The standard InChI is InChI=1S/C10H16O4/c1-4-8(11)7(9(12)5-2)6-10(13)14-3/h7H,4-6H2,1-3H3. The number of ketones is 2. The van der Waals surface area contributed by atoms with E-state index in [1.807, 2.05) is 0 Å². The van der Waals surface area contributed by atoms with Crippen molar-refractivity contribution in [3.63, 3.8) is 0 Å². The van der Waals surface area contributed by atoms with Crippen molar-refractivity contribution in [3.8, 4) is 0 Å². The van der Waals surface area contributed by atoms with Crippen LogP contribution in [0.25, 0.3) is 0 Å². The third-order valence-corrected chi connectivity index (χ3v) is 2.07. The van der Waals surface area contributed by atoms with Crippen LogP contribution in [0.1, 0.15) is 33.1 Å². The highest BCUT2D eigenvalue weighted by Crippen LogP contribution is 2.11. The Hall–Kier alpha value is -1.19. The van der Waals surface area contributed by atoms with Crippen molar-refractivity contribution in [2.45, 2.75) is 33.1 Å². The van der Waals surface area contributed by atoms with Crippen molar-refractivity contribution in [1.29, 1.82) is 0 Å². The summed E-state index contributed by atoms with van der Waals surface area (Å²) in [5, 5.41) is 0. The van der Waals surface area contributed by atoms with E-state index < -0.39 is 11.9 Å². The normalized spacial score (nSPS) is 10.0. The van der Waals surface area contributed by atoms with Crippen LogP contribution in [0.5, 0.6) is 0 Å². The number of rotatable bonds is 6. The third-order valence-electron chi connectivity index (χ3n) is 2.07. The highest BCUT2D eigenvalue weighted by atomic mass is 16.5. The van der Waals surface area contributed by atoms with Gasteiger partial charge >= 0.3 is 5.97 Å². The molecule has 4 heteroatoms. The molecule has 0 aromatic rings. The number of hydrogen-bond acceptors (Lipinski definition) is 4. The van der Waals surface area contributed by atoms with E-state index in [0.29, 0.717) is 0 Å². The summed E-state index contributed by atoms with van der Waals surface area (Å²) in [6.07, 6.45) is 0.413. The first-order chi connectivity index (χ1) is 6.56. The van der Waals surface area contributed by atoms with Gasteiger partial charge in [0.25, 0.3) is 0 Å². The number of Topliss-reactive ketones (excluding diaryl/α,β-unsaturated/α-hetero) is 2. The molecule has 0 unspecified atom stereocenters. The van der Waals surface area contributed by atoms with Crippen molar-refractivity contribution < 1.29 is 19.1 Å². The molecule has 0 aliphatic carbocycles. The first-order valence-electron chi connectivity index (χ1n) is 4.69. The van der Waals surface area contributed by atoms with Crippen LogP contribution in [0.2, 0.25) is 0 Å². The second-order valence-electron chi connectivity index (χ2n) is 2.97. The van der Waals surface area contributed by atoms with Gasteiger partial charge in [0.2, 0.25) is 0 Å². The monoisotopic (exact) mass is 200 g/mol. The van der Waals surface area contributed by atoms with Crippen molar-refractivity contribution >= 4 is 17.5 Å². The van der Waals surface area contributed by atoms with Crippen LogP contribution in [0.4, 0.5) is 0 Å². The van der Waals surface area contributed by atoms with Crippen molar-refractivity contribution in [1.82, 2.24) is 0 Å². The molecule has 0 aliphatic rings. The summed E-state index contributed by atoms with van der Waals surface area (Å²) in [6, 6.07) is 0. The molecule has 0 bridgehead atoms. The fourth-order valence-corrected chi connectivity index (χ4v) is 1.15. The fraction of sp³-hybridized carbons (Fsp3) is 0.700. The van der Waals surface area contributed by atoms with E-state index in [-0.39, 0.29) is 30.8 Å². The molecule has 0 rings (SSSR count). The third kappa shape index (κ3) is 3.68. The maximum Gasteiger partial charge on any atom is 0.306 e. The van der Waals surface area contributed by atoms with E-state index in [1.165, 1.54) is 7.11 Å². The first kappa shape index (κ1) is 12.8. The van der Waals surface area contributed by atoms with Gasteiger partial charge in [0.05, 0.1) is 19.4 Å². The van der Waals surface area contributed by atoms with E-state index in [4.69, 9.17) is 0 Å². The summed E-state index contributed by atoms with van der Waals surface area (Å²) in [5.41, 5.74) is 0. The van der Waals surface area contributed by atoms with Gasteiger partial charge in [-0.2, -0.15) is 0 Å². The minimum atomic E-state index is -0.808. The number of carbonyl (C=O) groups excluding carboxylic acids is 3. The van der Waals surface area contributed by atoms with E-state index >= 15 is 0 Å². The van der Waals surface area contributed by atoms with Crippen molar-refractivity contribution in [3.05, 3.63) is 0 Å². The van der Waals surface area contributed by atoms with E-state index in [1.54, 1.807) is 13.8 Å². The molecule has 0 spiro atoms. The molecule has 4 nitrogen and oxygen atoms in total. The maximum absolute atomic E-state index is 11.3. The summed E-state index contributed by atoms with van der Waals surface area (Å²) >= 11 is 0. The summed E-state index contributed by atoms with van der Waals surface area (Å²) in [7, 11) is 1.24. The summed E-state index contributed by atoms with van der Waals surface area (Å²) < 4.78 is 4.43. The zero-order valence-corrected chi connectivity index (χ0v) is 8.83. The second kappa shape index (κ2) is 6.29. The van der Waals surface area contributed by atoms with E-state index in [0.717, 1.165) is 0 Å². The molecule has 0 saturated carbocycles. The Bertz CT molecular complexity index is 216. The molecule has 0 aliphatic heterocycles. The zero-order valence-electron chi connectivity index (χ0n) is 8.83. The number of esters is 1. The number of ether oxygens (including phenoxy) is 1. The number of hydrogen-bond donors (Lipinski definition) is 0. The lowest BCUT2D eigenvalue weighted by Gasteiger charge is -2.10. The zero-order chi connectivity index (χ0) is 11.1. The topological polar surface area (TPSA) is 60.4 Å². The molecule has 14 heavy (non-hydrogen) atoms. The molecule has 0 radical (unpaired) electrons. The predicted octanol–water partition coefficient (Wildman–Crippen LogP) is 1.12. The quantitative estimate of drug-likeness (QED) is 0.476. The molecule has 80 valence electrons. The molecule has 0 aromatic carbocycles. The Labute approximate surface area is 83.6 Å². The molecule has 0 atom stereocenters. The van der Waals surface area contributed by atoms with Crippen LogP contribution >= 0.6 is 0 Å². The minimum Gasteiger partial charge on any atom is -0.469 e. The molecular formula is C10H16O4. The lowest BCUT2D eigenvalue weighted by Crippen LogP contribution is -2.26. The highest BCUT2D eigenvalue weighted by molar-refractivity contribution is 6.04.